The molecule has 6 heteroatoms. The molecule has 0 saturated carbocycles. The third-order valence-electron chi connectivity index (χ3n) is 5.32. The van der Waals surface area contributed by atoms with Gasteiger partial charge in [0.15, 0.2) is 0 Å². The Hall–Kier alpha value is -3.57. The number of benzene rings is 4. The van der Waals surface area contributed by atoms with E-state index in [9.17, 15) is 18.0 Å². The number of hydrogen-bond acceptors (Lipinski definition) is 1. The van der Waals surface area contributed by atoms with E-state index in [1.54, 1.807) is 36.4 Å². The molecule has 166 valence electrons. The average molecular weight is 466 g/mol. The lowest BCUT2D eigenvalue weighted by atomic mass is 9.91. The minimum Gasteiger partial charge on any atom is -0.348 e. The minimum atomic E-state index is -4.41. The molecule has 0 aliphatic rings. The Bertz CT molecular complexity index is 1250. The number of alkyl halides is 3. The van der Waals surface area contributed by atoms with Crippen molar-refractivity contribution in [2.24, 2.45) is 0 Å². The molecular weight excluding hydrogens is 447 g/mol. The molecule has 0 aliphatic carbocycles. The first-order valence-electron chi connectivity index (χ1n) is 10.2. The summed E-state index contributed by atoms with van der Waals surface area (Å²) in [6, 6.07) is 26.8. The van der Waals surface area contributed by atoms with Crippen molar-refractivity contribution in [3.8, 4) is 22.3 Å². The van der Waals surface area contributed by atoms with E-state index in [-0.39, 0.29) is 12.5 Å². The normalized spacial score (nSPS) is 11.3. The van der Waals surface area contributed by atoms with Gasteiger partial charge in [0, 0.05) is 17.1 Å². The third-order valence-corrected chi connectivity index (χ3v) is 5.57. The van der Waals surface area contributed by atoms with Crippen LogP contribution in [0, 0.1) is 0 Å². The molecule has 0 spiro atoms. The van der Waals surface area contributed by atoms with Gasteiger partial charge in [-0.1, -0.05) is 72.3 Å². The fraction of sp³-hybridized carbons (Fsp3) is 0.0741. The van der Waals surface area contributed by atoms with E-state index in [0.717, 1.165) is 34.4 Å². The third kappa shape index (κ3) is 5.26. The number of halogens is 4. The largest absolute Gasteiger partial charge is 0.416 e. The van der Waals surface area contributed by atoms with Gasteiger partial charge in [-0.15, -0.1) is 0 Å². The molecule has 0 heterocycles. The van der Waals surface area contributed by atoms with Gasteiger partial charge in [-0.3, -0.25) is 4.79 Å². The van der Waals surface area contributed by atoms with Crippen LogP contribution in [0.3, 0.4) is 0 Å². The van der Waals surface area contributed by atoms with Crippen molar-refractivity contribution in [3.05, 3.63) is 119 Å². The van der Waals surface area contributed by atoms with Crippen LogP contribution < -0.4 is 5.32 Å². The maximum atomic E-state index is 13.0. The van der Waals surface area contributed by atoms with Crippen LogP contribution in [0.1, 0.15) is 21.5 Å². The molecule has 0 atom stereocenters. The molecule has 0 aromatic heterocycles. The van der Waals surface area contributed by atoms with Crippen molar-refractivity contribution in [1.82, 2.24) is 5.32 Å². The van der Waals surface area contributed by atoms with Gasteiger partial charge in [-0.05, 0) is 64.2 Å². The second-order valence-corrected chi connectivity index (χ2v) is 7.90. The Kier molecular flexibility index (Phi) is 6.52. The fourth-order valence-corrected chi connectivity index (χ4v) is 3.77. The predicted molar refractivity (Wildman–Crippen MR) is 125 cm³/mol. The lowest BCUT2D eigenvalue weighted by Crippen LogP contribution is -2.23. The van der Waals surface area contributed by atoms with Crippen molar-refractivity contribution in [1.29, 1.82) is 0 Å². The van der Waals surface area contributed by atoms with Crippen LogP contribution in [0.4, 0.5) is 13.2 Å². The second kappa shape index (κ2) is 9.51. The zero-order chi connectivity index (χ0) is 23.4. The lowest BCUT2D eigenvalue weighted by Gasteiger charge is -2.17. The fourth-order valence-electron chi connectivity index (χ4n) is 3.65. The first-order chi connectivity index (χ1) is 15.8. The van der Waals surface area contributed by atoms with E-state index in [0.29, 0.717) is 16.1 Å². The van der Waals surface area contributed by atoms with E-state index in [1.807, 2.05) is 36.4 Å². The molecular formula is C27H19ClF3NO. The quantitative estimate of drug-likeness (QED) is 0.322. The number of rotatable bonds is 5. The molecule has 0 unspecified atom stereocenters. The molecule has 0 bridgehead atoms. The predicted octanol–water partition coefficient (Wildman–Crippen LogP) is 7.62. The summed E-state index contributed by atoms with van der Waals surface area (Å²) in [6.07, 6.45) is -4.41. The van der Waals surface area contributed by atoms with Crippen molar-refractivity contribution in [2.75, 3.05) is 0 Å². The molecule has 0 radical (unpaired) electrons. The van der Waals surface area contributed by atoms with Crippen molar-refractivity contribution < 1.29 is 18.0 Å². The Labute approximate surface area is 194 Å². The van der Waals surface area contributed by atoms with Gasteiger partial charge in [-0.25, -0.2) is 0 Å². The molecule has 4 rings (SSSR count). The summed E-state index contributed by atoms with van der Waals surface area (Å²) < 4.78 is 39.1. The van der Waals surface area contributed by atoms with Crippen molar-refractivity contribution >= 4 is 17.5 Å². The Balaban J connectivity index is 1.75. The van der Waals surface area contributed by atoms with Crippen molar-refractivity contribution in [2.45, 2.75) is 12.7 Å². The van der Waals surface area contributed by atoms with Crippen LogP contribution in [0.2, 0.25) is 5.02 Å². The van der Waals surface area contributed by atoms with Crippen LogP contribution >= 0.6 is 11.6 Å². The van der Waals surface area contributed by atoms with Gasteiger partial charge in [0.25, 0.3) is 5.91 Å². The highest BCUT2D eigenvalue weighted by Crippen LogP contribution is 2.35. The average Bonchev–Trinajstić information content (AvgIpc) is 2.83. The molecule has 0 saturated heterocycles. The Morgan fingerprint density at radius 2 is 1.27 bits per heavy atom. The molecule has 2 nitrogen and oxygen atoms in total. The van der Waals surface area contributed by atoms with Gasteiger partial charge in [0.2, 0.25) is 0 Å². The number of carbonyl (C=O) groups excluding carboxylic acids is 1. The number of nitrogens with one attached hydrogen (secondary N) is 1. The molecule has 1 amide bonds. The van der Waals surface area contributed by atoms with Gasteiger partial charge in [-0.2, -0.15) is 13.2 Å². The summed E-state index contributed by atoms with van der Waals surface area (Å²) in [7, 11) is 0. The summed E-state index contributed by atoms with van der Waals surface area (Å²) in [5.41, 5.74) is 3.72. The first-order valence-corrected chi connectivity index (χ1v) is 10.6. The standard InChI is InChI=1S/C27H19ClF3NO/c28-22-15-11-19(12-16-22)24-8-4-7-23(18-9-13-21(14-10-18)27(29,30)31)25(24)17-32-26(33)20-5-2-1-3-6-20/h1-16H,17H2,(H,32,33). The van der Waals surface area contributed by atoms with Gasteiger partial charge in [0.05, 0.1) is 5.56 Å². The van der Waals surface area contributed by atoms with E-state index < -0.39 is 11.7 Å². The summed E-state index contributed by atoms with van der Waals surface area (Å²) in [5, 5.41) is 3.53. The lowest BCUT2D eigenvalue weighted by molar-refractivity contribution is -0.137. The zero-order valence-corrected chi connectivity index (χ0v) is 18.1. The molecule has 0 fully saturated rings. The van der Waals surface area contributed by atoms with Crippen LogP contribution in [0.5, 0.6) is 0 Å². The van der Waals surface area contributed by atoms with Gasteiger partial charge >= 0.3 is 6.18 Å². The number of amides is 1. The summed E-state index contributed by atoms with van der Waals surface area (Å²) in [4.78, 5) is 12.7. The molecule has 33 heavy (non-hydrogen) atoms. The van der Waals surface area contributed by atoms with Crippen LogP contribution in [0.25, 0.3) is 22.3 Å². The highest BCUT2D eigenvalue weighted by molar-refractivity contribution is 6.30. The highest BCUT2D eigenvalue weighted by Gasteiger charge is 2.30. The minimum absolute atomic E-state index is 0.197. The first kappa shape index (κ1) is 22.6. The monoisotopic (exact) mass is 465 g/mol. The maximum absolute atomic E-state index is 13.0. The molecule has 4 aromatic rings. The van der Waals surface area contributed by atoms with Gasteiger partial charge in [0.1, 0.15) is 0 Å². The van der Waals surface area contributed by atoms with Crippen LogP contribution in [-0.2, 0) is 12.7 Å². The molecule has 0 aliphatic heterocycles. The van der Waals surface area contributed by atoms with E-state index in [2.05, 4.69) is 5.32 Å². The smallest absolute Gasteiger partial charge is 0.348 e. The van der Waals surface area contributed by atoms with Gasteiger partial charge < -0.3 is 5.32 Å². The Morgan fingerprint density at radius 3 is 1.82 bits per heavy atom. The van der Waals surface area contributed by atoms with Crippen molar-refractivity contribution in [3.63, 3.8) is 0 Å². The van der Waals surface area contributed by atoms with Crippen LogP contribution in [-0.4, -0.2) is 5.91 Å². The van der Waals surface area contributed by atoms with E-state index in [4.69, 9.17) is 11.6 Å². The Morgan fingerprint density at radius 1 is 0.727 bits per heavy atom. The molecule has 4 aromatic carbocycles. The summed E-state index contributed by atoms with van der Waals surface area (Å²) >= 11 is 6.04. The topological polar surface area (TPSA) is 29.1 Å². The van der Waals surface area contributed by atoms with Crippen LogP contribution in [0.15, 0.2) is 97.1 Å². The highest BCUT2D eigenvalue weighted by atomic mass is 35.5. The SMILES string of the molecule is O=C(NCc1c(-c2ccc(Cl)cc2)cccc1-c1ccc(C(F)(F)F)cc1)c1ccccc1. The van der Waals surface area contributed by atoms with E-state index in [1.165, 1.54) is 12.1 Å². The number of hydrogen-bond donors (Lipinski definition) is 1. The maximum Gasteiger partial charge on any atom is 0.416 e. The second-order valence-electron chi connectivity index (χ2n) is 7.46. The summed E-state index contributed by atoms with van der Waals surface area (Å²) in [5.74, 6) is -0.236. The van der Waals surface area contributed by atoms with E-state index >= 15 is 0 Å². The number of carbonyl (C=O) groups is 1. The summed E-state index contributed by atoms with van der Waals surface area (Å²) in [6.45, 7) is 0.197. The zero-order valence-electron chi connectivity index (χ0n) is 17.4. The molecule has 1 N–H and O–H groups in total.